The summed E-state index contributed by atoms with van der Waals surface area (Å²) < 4.78 is 14.1. The van der Waals surface area contributed by atoms with Gasteiger partial charge in [-0.05, 0) is 63.8 Å². The summed E-state index contributed by atoms with van der Waals surface area (Å²) in [5.41, 5.74) is 2.43. The number of benzene rings is 3. The molecule has 1 aliphatic rings. The Kier molecular flexibility index (Phi) is 9.54. The van der Waals surface area contributed by atoms with Crippen LogP contribution in [0, 0.1) is 0 Å². The molecule has 1 aromatic heterocycles. The molecule has 9 heteroatoms. The Hall–Kier alpha value is -4.37. The summed E-state index contributed by atoms with van der Waals surface area (Å²) in [5, 5.41) is 0. The first-order valence-corrected chi connectivity index (χ1v) is 15.3. The van der Waals surface area contributed by atoms with Crippen molar-refractivity contribution in [3.8, 4) is 0 Å². The van der Waals surface area contributed by atoms with Gasteiger partial charge in [0.15, 0.2) is 0 Å². The van der Waals surface area contributed by atoms with E-state index in [9.17, 15) is 14.4 Å². The zero-order valence-corrected chi connectivity index (χ0v) is 26.0. The topological polar surface area (TPSA) is 86.0 Å². The smallest absolute Gasteiger partial charge is 0.423 e. The number of rotatable bonds is 8. The molecule has 3 aromatic carbocycles. The van der Waals surface area contributed by atoms with E-state index in [1.165, 1.54) is 11.1 Å². The summed E-state index contributed by atoms with van der Waals surface area (Å²) in [5.74, 6) is 0. The average molecular weight is 599 g/mol. The molecule has 1 fully saturated rings. The van der Waals surface area contributed by atoms with E-state index >= 15 is 0 Å². The molecule has 232 valence electrons. The molecule has 0 N–H and O–H groups in total. The third-order valence-corrected chi connectivity index (χ3v) is 7.97. The van der Waals surface area contributed by atoms with E-state index in [0.29, 0.717) is 37.0 Å². The van der Waals surface area contributed by atoms with E-state index in [1.807, 2.05) is 48.5 Å². The number of para-hydroxylation sites is 2. The third-order valence-electron chi connectivity index (χ3n) is 7.97. The summed E-state index contributed by atoms with van der Waals surface area (Å²) in [6.07, 6.45) is 0.0987. The lowest BCUT2D eigenvalue weighted by molar-refractivity contribution is 0.0534. The van der Waals surface area contributed by atoms with E-state index in [4.69, 9.17) is 9.47 Å². The Labute approximate surface area is 258 Å². The molecule has 0 radical (unpaired) electrons. The number of imidazole rings is 1. The summed E-state index contributed by atoms with van der Waals surface area (Å²) in [6, 6.07) is 27.7. The van der Waals surface area contributed by atoms with Gasteiger partial charge in [-0.3, -0.25) is 9.47 Å². The van der Waals surface area contributed by atoms with Crippen molar-refractivity contribution in [1.29, 1.82) is 0 Å². The minimum absolute atomic E-state index is 0.00513. The second kappa shape index (κ2) is 13.5. The number of piperidine rings is 1. The van der Waals surface area contributed by atoms with Gasteiger partial charge in [-0.25, -0.2) is 14.4 Å². The first-order valence-electron chi connectivity index (χ1n) is 15.3. The lowest BCUT2D eigenvalue weighted by Gasteiger charge is -2.33. The largest absolute Gasteiger partial charge is 0.448 e. The maximum atomic E-state index is 13.5. The first kappa shape index (κ1) is 31.1. The van der Waals surface area contributed by atoms with Crippen LogP contribution in [0.5, 0.6) is 0 Å². The van der Waals surface area contributed by atoms with E-state index in [2.05, 4.69) is 36.1 Å². The highest BCUT2D eigenvalue weighted by molar-refractivity contribution is 5.87. The Balaban J connectivity index is 1.22. The molecule has 1 aliphatic heterocycles. The molecule has 44 heavy (non-hydrogen) atoms. The minimum atomic E-state index is -0.733. The van der Waals surface area contributed by atoms with Crippen molar-refractivity contribution in [3.63, 3.8) is 0 Å². The van der Waals surface area contributed by atoms with Crippen LogP contribution < -0.4 is 5.69 Å². The van der Waals surface area contributed by atoms with Crippen LogP contribution in [-0.4, -0.2) is 62.5 Å². The molecule has 0 unspecified atom stereocenters. The minimum Gasteiger partial charge on any atom is -0.448 e. The van der Waals surface area contributed by atoms with E-state index in [-0.39, 0.29) is 24.8 Å². The van der Waals surface area contributed by atoms with Crippen LogP contribution in [-0.2, 0) is 22.6 Å². The van der Waals surface area contributed by atoms with Gasteiger partial charge >= 0.3 is 17.9 Å². The van der Waals surface area contributed by atoms with Gasteiger partial charge in [0, 0.05) is 38.3 Å². The molecule has 5 rings (SSSR count). The van der Waals surface area contributed by atoms with Crippen LogP contribution >= 0.6 is 0 Å². The van der Waals surface area contributed by atoms with Crippen molar-refractivity contribution in [2.75, 3.05) is 19.7 Å². The summed E-state index contributed by atoms with van der Waals surface area (Å²) in [7, 11) is 0. The Morgan fingerprint density at radius 1 is 0.818 bits per heavy atom. The van der Waals surface area contributed by atoms with Gasteiger partial charge in [0.25, 0.3) is 0 Å². The number of ether oxygens (including phenoxy) is 2. The average Bonchev–Trinajstić information content (AvgIpc) is 3.31. The van der Waals surface area contributed by atoms with Crippen molar-refractivity contribution in [3.05, 3.63) is 107 Å². The van der Waals surface area contributed by atoms with Crippen molar-refractivity contribution < 1.29 is 19.1 Å². The van der Waals surface area contributed by atoms with Crippen LogP contribution in [0.4, 0.5) is 9.59 Å². The number of hydrogen-bond donors (Lipinski definition) is 0. The quantitative estimate of drug-likeness (QED) is 0.232. The van der Waals surface area contributed by atoms with Gasteiger partial charge in [0.05, 0.1) is 11.0 Å². The van der Waals surface area contributed by atoms with Gasteiger partial charge in [-0.15, -0.1) is 0 Å². The third kappa shape index (κ3) is 7.39. The normalized spacial score (nSPS) is 15.0. The number of hydrogen-bond acceptors (Lipinski definition) is 6. The van der Waals surface area contributed by atoms with Crippen LogP contribution in [0.25, 0.3) is 11.0 Å². The maximum absolute atomic E-state index is 13.5. The molecule has 0 bridgehead atoms. The fourth-order valence-electron chi connectivity index (χ4n) is 5.71. The van der Waals surface area contributed by atoms with Gasteiger partial charge in [-0.2, -0.15) is 4.57 Å². The van der Waals surface area contributed by atoms with Crippen LogP contribution in [0.3, 0.4) is 0 Å². The van der Waals surface area contributed by atoms with Crippen LogP contribution in [0.1, 0.15) is 57.7 Å². The van der Waals surface area contributed by atoms with Gasteiger partial charge in [-0.1, -0.05) is 72.8 Å². The summed E-state index contributed by atoms with van der Waals surface area (Å²) >= 11 is 0. The fourth-order valence-corrected chi connectivity index (χ4v) is 5.71. The van der Waals surface area contributed by atoms with Crippen molar-refractivity contribution >= 4 is 23.2 Å². The number of fused-ring (bicyclic) bond motifs is 1. The number of aromatic nitrogens is 2. The van der Waals surface area contributed by atoms with Gasteiger partial charge in [0.1, 0.15) is 12.2 Å². The Morgan fingerprint density at radius 2 is 1.34 bits per heavy atom. The van der Waals surface area contributed by atoms with E-state index in [0.717, 1.165) is 17.7 Å². The second-order valence-electron chi connectivity index (χ2n) is 12.5. The monoisotopic (exact) mass is 598 g/mol. The number of carbonyl (C=O) groups excluding carboxylic acids is 2. The molecule has 9 nitrogen and oxygen atoms in total. The molecule has 2 heterocycles. The zero-order chi connectivity index (χ0) is 31.3. The summed E-state index contributed by atoms with van der Waals surface area (Å²) in [6.45, 7) is 10.1. The SMILES string of the molecule is C[C@@H](COC(=O)N1CCC(n2c(=O)n(C(=O)OC(C)(C)C)c3ccccc32)CC1)N(Cc1ccccc1)Cc1ccccc1. The van der Waals surface area contributed by atoms with Crippen molar-refractivity contribution in [1.82, 2.24) is 18.9 Å². The van der Waals surface area contributed by atoms with Crippen LogP contribution in [0.2, 0.25) is 0 Å². The molecule has 0 saturated carbocycles. The predicted octanol–water partition coefficient (Wildman–Crippen LogP) is 6.45. The molecule has 1 saturated heterocycles. The number of likely N-dealkylation sites (tertiary alicyclic amines) is 1. The predicted molar refractivity (Wildman–Crippen MR) is 171 cm³/mol. The molecular weight excluding hydrogens is 556 g/mol. The second-order valence-corrected chi connectivity index (χ2v) is 12.5. The molecule has 0 aliphatic carbocycles. The molecule has 0 spiro atoms. The highest BCUT2D eigenvalue weighted by Gasteiger charge is 2.31. The number of carbonyl (C=O) groups is 2. The number of amides is 1. The van der Waals surface area contributed by atoms with E-state index in [1.54, 1.807) is 42.4 Å². The van der Waals surface area contributed by atoms with E-state index < -0.39 is 17.4 Å². The first-order chi connectivity index (χ1) is 21.1. The number of nitrogens with zero attached hydrogens (tertiary/aromatic N) is 4. The van der Waals surface area contributed by atoms with Crippen molar-refractivity contribution in [2.45, 2.75) is 71.3 Å². The molecule has 1 atom stereocenters. The Bertz CT molecular complexity index is 1570. The summed E-state index contributed by atoms with van der Waals surface area (Å²) in [4.78, 5) is 43.7. The van der Waals surface area contributed by atoms with Gasteiger partial charge < -0.3 is 14.4 Å². The lowest BCUT2D eigenvalue weighted by Crippen LogP contribution is -2.43. The van der Waals surface area contributed by atoms with Crippen LogP contribution in [0.15, 0.2) is 89.7 Å². The maximum Gasteiger partial charge on any atom is 0.423 e. The molecule has 4 aromatic rings. The Morgan fingerprint density at radius 3 is 1.89 bits per heavy atom. The standard InChI is InChI=1S/C35H42N4O5/c1-26(37(23-27-13-7-5-8-14-27)24-28-15-9-6-10-16-28)25-43-33(41)36-21-19-29(20-22-36)38-30-17-11-12-18-31(30)39(32(38)40)34(42)44-35(2,3)4/h5-18,26,29H,19-25H2,1-4H3/t26-/m0/s1. The fraction of sp³-hybridized carbons (Fsp3) is 0.400. The zero-order valence-electron chi connectivity index (χ0n) is 26.0. The molecular formula is C35H42N4O5. The van der Waals surface area contributed by atoms with Crippen molar-refractivity contribution in [2.24, 2.45) is 0 Å². The van der Waals surface area contributed by atoms with Gasteiger partial charge in [0.2, 0.25) is 0 Å². The molecule has 1 amide bonds. The highest BCUT2D eigenvalue weighted by Crippen LogP contribution is 2.27. The lowest BCUT2D eigenvalue weighted by atomic mass is 10.0. The highest BCUT2D eigenvalue weighted by atomic mass is 16.6.